The van der Waals surface area contributed by atoms with E-state index in [9.17, 15) is 4.21 Å². The summed E-state index contributed by atoms with van der Waals surface area (Å²) in [5.41, 5.74) is 0. The summed E-state index contributed by atoms with van der Waals surface area (Å²) in [5, 5.41) is 3.22. The highest BCUT2D eigenvalue weighted by molar-refractivity contribution is 7.85. The van der Waals surface area contributed by atoms with Crippen molar-refractivity contribution in [3.05, 3.63) is 0 Å². The van der Waals surface area contributed by atoms with Gasteiger partial charge in [-0.1, -0.05) is 6.42 Å². The van der Waals surface area contributed by atoms with Crippen LogP contribution in [0.4, 0.5) is 0 Å². The SMILES string of the molecule is CNC(C)CCCCS(=O)CC1CCCO1. The summed E-state index contributed by atoms with van der Waals surface area (Å²) in [5.74, 6) is 1.60. The number of hydrogen-bond donors (Lipinski definition) is 1. The van der Waals surface area contributed by atoms with E-state index in [4.69, 9.17) is 4.74 Å². The zero-order valence-corrected chi connectivity index (χ0v) is 11.4. The smallest absolute Gasteiger partial charge is 0.0691 e. The van der Waals surface area contributed by atoms with Crippen molar-refractivity contribution in [3.63, 3.8) is 0 Å². The number of unbranched alkanes of at least 4 members (excludes halogenated alkanes) is 1. The third-order valence-electron chi connectivity index (χ3n) is 3.15. The average Bonchev–Trinajstić information content (AvgIpc) is 2.76. The molecule has 4 heteroatoms. The molecule has 0 saturated carbocycles. The van der Waals surface area contributed by atoms with E-state index in [1.165, 1.54) is 12.8 Å². The molecule has 0 spiro atoms. The standard InChI is InChI=1S/C12H25NO2S/c1-11(13-2)6-3-4-9-16(14)10-12-7-5-8-15-12/h11-13H,3-10H2,1-2H3. The summed E-state index contributed by atoms with van der Waals surface area (Å²) in [6, 6.07) is 0.576. The van der Waals surface area contributed by atoms with E-state index in [-0.39, 0.29) is 6.10 Å². The van der Waals surface area contributed by atoms with E-state index < -0.39 is 10.8 Å². The maximum Gasteiger partial charge on any atom is 0.0691 e. The van der Waals surface area contributed by atoms with Gasteiger partial charge in [0.25, 0.3) is 0 Å². The molecule has 0 amide bonds. The molecule has 0 aromatic heterocycles. The third kappa shape index (κ3) is 5.97. The van der Waals surface area contributed by atoms with E-state index in [1.54, 1.807) is 0 Å². The Hall–Kier alpha value is 0.0700. The third-order valence-corrected chi connectivity index (χ3v) is 4.64. The Kier molecular flexibility index (Phi) is 7.25. The fourth-order valence-electron chi connectivity index (χ4n) is 1.92. The van der Waals surface area contributed by atoms with Gasteiger partial charge in [0, 0.05) is 35.0 Å². The van der Waals surface area contributed by atoms with Crippen LogP contribution in [0.25, 0.3) is 0 Å². The Bertz CT molecular complexity index is 205. The predicted octanol–water partition coefficient (Wildman–Crippen LogP) is 1.69. The minimum Gasteiger partial charge on any atom is -0.377 e. The summed E-state index contributed by atoms with van der Waals surface area (Å²) < 4.78 is 17.2. The van der Waals surface area contributed by atoms with Gasteiger partial charge in [0.15, 0.2) is 0 Å². The van der Waals surface area contributed by atoms with Crippen LogP contribution in [-0.4, -0.2) is 41.5 Å². The first-order valence-electron chi connectivity index (χ1n) is 6.36. The first-order valence-corrected chi connectivity index (χ1v) is 7.85. The van der Waals surface area contributed by atoms with Gasteiger partial charge in [-0.3, -0.25) is 4.21 Å². The molecule has 1 heterocycles. The van der Waals surface area contributed by atoms with E-state index >= 15 is 0 Å². The second kappa shape index (κ2) is 8.20. The van der Waals surface area contributed by atoms with Gasteiger partial charge in [-0.05, 0) is 39.7 Å². The lowest BCUT2D eigenvalue weighted by molar-refractivity contribution is 0.128. The van der Waals surface area contributed by atoms with Crippen LogP contribution in [-0.2, 0) is 15.5 Å². The molecule has 0 bridgehead atoms. The maximum absolute atomic E-state index is 11.7. The van der Waals surface area contributed by atoms with Crippen LogP contribution in [0.2, 0.25) is 0 Å². The lowest BCUT2D eigenvalue weighted by Gasteiger charge is -2.10. The van der Waals surface area contributed by atoms with Crippen molar-refractivity contribution in [3.8, 4) is 0 Å². The van der Waals surface area contributed by atoms with Crippen LogP contribution in [0, 0.1) is 0 Å². The highest BCUT2D eigenvalue weighted by atomic mass is 32.2. The minimum absolute atomic E-state index is 0.275. The number of rotatable bonds is 8. The molecule has 0 radical (unpaired) electrons. The molecule has 1 fully saturated rings. The van der Waals surface area contributed by atoms with Crippen LogP contribution in [0.3, 0.4) is 0 Å². The van der Waals surface area contributed by atoms with Crippen molar-refractivity contribution in [1.29, 1.82) is 0 Å². The highest BCUT2D eigenvalue weighted by Gasteiger charge is 2.17. The van der Waals surface area contributed by atoms with Crippen LogP contribution in [0.5, 0.6) is 0 Å². The van der Waals surface area contributed by atoms with Gasteiger partial charge in [0.05, 0.1) is 6.10 Å². The van der Waals surface area contributed by atoms with E-state index in [0.717, 1.165) is 37.4 Å². The Morgan fingerprint density at radius 3 is 2.94 bits per heavy atom. The van der Waals surface area contributed by atoms with Crippen molar-refractivity contribution in [2.45, 2.75) is 51.2 Å². The number of nitrogens with one attached hydrogen (secondary N) is 1. The molecule has 96 valence electrons. The molecule has 1 N–H and O–H groups in total. The fraction of sp³-hybridized carbons (Fsp3) is 1.00. The summed E-state index contributed by atoms with van der Waals surface area (Å²) >= 11 is 0. The monoisotopic (exact) mass is 247 g/mol. The van der Waals surface area contributed by atoms with Crippen molar-refractivity contribution >= 4 is 10.8 Å². The number of hydrogen-bond acceptors (Lipinski definition) is 3. The Morgan fingerprint density at radius 2 is 2.31 bits per heavy atom. The summed E-state index contributed by atoms with van der Waals surface area (Å²) in [6.45, 7) is 3.05. The molecule has 3 atom stereocenters. The van der Waals surface area contributed by atoms with E-state index in [2.05, 4.69) is 12.2 Å². The predicted molar refractivity (Wildman–Crippen MR) is 69.2 cm³/mol. The molecule has 3 nitrogen and oxygen atoms in total. The molecule has 1 rings (SSSR count). The van der Waals surface area contributed by atoms with Crippen LogP contribution in [0.1, 0.15) is 39.0 Å². The maximum atomic E-state index is 11.7. The molecule has 16 heavy (non-hydrogen) atoms. The molecular formula is C12H25NO2S. The molecule has 1 aliphatic heterocycles. The number of ether oxygens (including phenoxy) is 1. The quantitative estimate of drug-likeness (QED) is 0.663. The molecule has 1 saturated heterocycles. The highest BCUT2D eigenvalue weighted by Crippen LogP contribution is 2.13. The van der Waals surface area contributed by atoms with Gasteiger partial charge in [0.2, 0.25) is 0 Å². The lowest BCUT2D eigenvalue weighted by atomic mass is 10.1. The Balaban J connectivity index is 1.97. The molecule has 3 unspecified atom stereocenters. The van der Waals surface area contributed by atoms with Crippen molar-refractivity contribution in [2.24, 2.45) is 0 Å². The van der Waals surface area contributed by atoms with Crippen LogP contribution < -0.4 is 5.32 Å². The average molecular weight is 247 g/mol. The fourth-order valence-corrected chi connectivity index (χ4v) is 3.29. The first-order chi connectivity index (χ1) is 7.72. The minimum atomic E-state index is -0.672. The summed E-state index contributed by atoms with van der Waals surface area (Å²) in [4.78, 5) is 0. The van der Waals surface area contributed by atoms with Gasteiger partial charge >= 0.3 is 0 Å². The largest absolute Gasteiger partial charge is 0.377 e. The first kappa shape index (κ1) is 14.1. The molecule has 0 aliphatic carbocycles. The van der Waals surface area contributed by atoms with Gasteiger partial charge in [-0.2, -0.15) is 0 Å². The topological polar surface area (TPSA) is 38.3 Å². The molecule has 0 aromatic carbocycles. The van der Waals surface area contributed by atoms with Crippen molar-refractivity contribution in [1.82, 2.24) is 5.32 Å². The van der Waals surface area contributed by atoms with Gasteiger partial charge in [-0.25, -0.2) is 0 Å². The van der Waals surface area contributed by atoms with Crippen molar-refractivity contribution in [2.75, 3.05) is 25.2 Å². The van der Waals surface area contributed by atoms with Gasteiger partial charge in [0.1, 0.15) is 0 Å². The molecule has 1 aliphatic rings. The van der Waals surface area contributed by atoms with Crippen LogP contribution in [0.15, 0.2) is 0 Å². The second-order valence-electron chi connectivity index (χ2n) is 4.63. The Labute approximate surface area is 102 Å². The zero-order valence-electron chi connectivity index (χ0n) is 10.5. The normalized spacial score (nSPS) is 24.5. The second-order valence-corrected chi connectivity index (χ2v) is 6.25. The lowest BCUT2D eigenvalue weighted by Crippen LogP contribution is -2.21. The zero-order chi connectivity index (χ0) is 11.8. The molecule has 0 aromatic rings. The van der Waals surface area contributed by atoms with E-state index in [0.29, 0.717) is 6.04 Å². The van der Waals surface area contributed by atoms with Crippen molar-refractivity contribution < 1.29 is 8.95 Å². The van der Waals surface area contributed by atoms with Gasteiger partial charge < -0.3 is 10.1 Å². The summed E-state index contributed by atoms with van der Waals surface area (Å²) in [7, 11) is 1.31. The van der Waals surface area contributed by atoms with Gasteiger partial charge in [-0.15, -0.1) is 0 Å². The molecular weight excluding hydrogens is 222 g/mol. The van der Waals surface area contributed by atoms with Crippen LogP contribution >= 0.6 is 0 Å². The summed E-state index contributed by atoms with van der Waals surface area (Å²) in [6.07, 6.45) is 5.93. The van der Waals surface area contributed by atoms with E-state index in [1.807, 2.05) is 7.05 Å². The Morgan fingerprint density at radius 1 is 1.50 bits per heavy atom.